The highest BCUT2D eigenvalue weighted by atomic mass is 79.9. The van der Waals surface area contributed by atoms with Crippen molar-refractivity contribution < 1.29 is 9.15 Å². The molecule has 3 heteroatoms. The fourth-order valence-electron chi connectivity index (χ4n) is 2.00. The van der Waals surface area contributed by atoms with Crippen molar-refractivity contribution in [2.24, 2.45) is 0 Å². The minimum Gasteiger partial charge on any atom is -0.486 e. The first-order valence-corrected chi connectivity index (χ1v) is 6.87. The lowest BCUT2D eigenvalue weighted by Crippen LogP contribution is -1.93. The molecule has 2 nitrogen and oxygen atoms in total. The van der Waals surface area contributed by atoms with Crippen LogP contribution in [0.25, 0.3) is 11.0 Å². The third-order valence-corrected chi connectivity index (χ3v) is 3.39. The minimum absolute atomic E-state index is 0.440. The van der Waals surface area contributed by atoms with E-state index in [4.69, 9.17) is 9.15 Å². The Morgan fingerprint density at radius 3 is 2.84 bits per heavy atom. The van der Waals surface area contributed by atoms with Crippen LogP contribution in [-0.4, -0.2) is 0 Å². The Morgan fingerprint density at radius 2 is 2.00 bits per heavy atom. The van der Waals surface area contributed by atoms with E-state index in [2.05, 4.69) is 15.9 Å². The molecule has 3 rings (SSSR count). The van der Waals surface area contributed by atoms with Gasteiger partial charge >= 0.3 is 0 Å². The maximum Gasteiger partial charge on any atom is 0.146 e. The summed E-state index contributed by atoms with van der Waals surface area (Å²) in [7, 11) is 0. The van der Waals surface area contributed by atoms with E-state index in [1.807, 2.05) is 55.5 Å². The van der Waals surface area contributed by atoms with Gasteiger partial charge in [0.1, 0.15) is 23.7 Å². The molecule has 0 amide bonds. The van der Waals surface area contributed by atoms with Crippen molar-refractivity contribution in [1.29, 1.82) is 0 Å². The second kappa shape index (κ2) is 5.10. The highest BCUT2D eigenvalue weighted by molar-refractivity contribution is 9.10. The molecular formula is C16H13BrO2. The monoisotopic (exact) mass is 316 g/mol. The maximum absolute atomic E-state index is 5.73. The second-order valence-electron chi connectivity index (χ2n) is 4.50. The smallest absolute Gasteiger partial charge is 0.146 e. The number of ether oxygens (including phenoxy) is 1. The molecule has 2 aromatic carbocycles. The molecule has 0 aliphatic carbocycles. The highest BCUT2D eigenvalue weighted by Gasteiger charge is 2.05. The Hall–Kier alpha value is -1.74. The van der Waals surface area contributed by atoms with Gasteiger partial charge < -0.3 is 9.15 Å². The molecule has 0 aliphatic heterocycles. The molecule has 0 saturated carbocycles. The zero-order valence-corrected chi connectivity index (χ0v) is 12.1. The van der Waals surface area contributed by atoms with Gasteiger partial charge in [-0.3, -0.25) is 0 Å². The second-order valence-corrected chi connectivity index (χ2v) is 5.42. The van der Waals surface area contributed by atoms with Crippen LogP contribution >= 0.6 is 15.9 Å². The highest BCUT2D eigenvalue weighted by Crippen LogP contribution is 2.24. The Balaban J connectivity index is 1.78. The van der Waals surface area contributed by atoms with Crippen molar-refractivity contribution in [3.63, 3.8) is 0 Å². The third kappa shape index (κ3) is 2.82. The van der Waals surface area contributed by atoms with E-state index in [1.54, 1.807) is 0 Å². The molecule has 0 atom stereocenters. The van der Waals surface area contributed by atoms with E-state index >= 15 is 0 Å². The molecule has 0 spiro atoms. The summed E-state index contributed by atoms with van der Waals surface area (Å²) in [6, 6.07) is 16.0. The molecule has 1 aromatic heterocycles. The zero-order valence-electron chi connectivity index (χ0n) is 10.5. The van der Waals surface area contributed by atoms with Gasteiger partial charge in [0.15, 0.2) is 0 Å². The molecule has 0 fully saturated rings. The minimum atomic E-state index is 0.440. The van der Waals surface area contributed by atoms with Gasteiger partial charge in [-0.2, -0.15) is 0 Å². The van der Waals surface area contributed by atoms with E-state index < -0.39 is 0 Å². The number of halogens is 1. The van der Waals surface area contributed by atoms with Crippen molar-refractivity contribution in [2.75, 3.05) is 0 Å². The van der Waals surface area contributed by atoms with E-state index in [0.29, 0.717) is 6.61 Å². The first-order valence-electron chi connectivity index (χ1n) is 6.08. The van der Waals surface area contributed by atoms with Crippen LogP contribution in [0.1, 0.15) is 11.3 Å². The number of furan rings is 1. The van der Waals surface area contributed by atoms with Gasteiger partial charge in [0.2, 0.25) is 0 Å². The van der Waals surface area contributed by atoms with Crippen molar-refractivity contribution in [3.8, 4) is 5.75 Å². The van der Waals surface area contributed by atoms with Crippen LogP contribution in [0.4, 0.5) is 0 Å². The summed E-state index contributed by atoms with van der Waals surface area (Å²) >= 11 is 3.45. The van der Waals surface area contributed by atoms with Crippen molar-refractivity contribution in [1.82, 2.24) is 0 Å². The zero-order chi connectivity index (χ0) is 13.2. The first kappa shape index (κ1) is 12.3. The van der Waals surface area contributed by atoms with Gasteiger partial charge in [-0.1, -0.05) is 28.1 Å². The van der Waals surface area contributed by atoms with E-state index in [1.165, 1.54) is 5.56 Å². The van der Waals surface area contributed by atoms with Gasteiger partial charge in [0, 0.05) is 9.86 Å². The van der Waals surface area contributed by atoms with E-state index in [0.717, 1.165) is 27.0 Å². The van der Waals surface area contributed by atoms with E-state index in [-0.39, 0.29) is 0 Å². The van der Waals surface area contributed by atoms with E-state index in [9.17, 15) is 0 Å². The molecule has 0 radical (unpaired) electrons. The van der Waals surface area contributed by atoms with Crippen LogP contribution in [0.5, 0.6) is 5.75 Å². The Kier molecular flexibility index (Phi) is 3.30. The SMILES string of the molecule is Cc1cccc(OCc2cc3cc(Br)ccc3o2)c1. The van der Waals surface area contributed by atoms with Crippen LogP contribution in [-0.2, 0) is 6.61 Å². The Bertz CT molecular complexity index is 716. The number of aryl methyl sites for hydroxylation is 1. The average molecular weight is 317 g/mol. The third-order valence-electron chi connectivity index (χ3n) is 2.90. The fraction of sp³-hybridized carbons (Fsp3) is 0.125. The summed E-state index contributed by atoms with van der Waals surface area (Å²) in [5.74, 6) is 1.69. The molecule has 0 saturated heterocycles. The molecule has 96 valence electrons. The molecule has 0 bridgehead atoms. The maximum atomic E-state index is 5.73. The van der Waals surface area contributed by atoms with Crippen LogP contribution in [0.2, 0.25) is 0 Å². The Morgan fingerprint density at radius 1 is 1.11 bits per heavy atom. The summed E-state index contributed by atoms with van der Waals surface area (Å²) < 4.78 is 12.5. The number of fused-ring (bicyclic) bond motifs is 1. The normalized spacial score (nSPS) is 10.8. The van der Waals surface area contributed by atoms with Crippen molar-refractivity contribution in [3.05, 3.63) is 64.3 Å². The van der Waals surface area contributed by atoms with Gasteiger partial charge in [-0.05, 0) is 48.9 Å². The Labute approximate surface area is 120 Å². The van der Waals surface area contributed by atoms with Crippen LogP contribution in [0.15, 0.2) is 57.4 Å². The summed E-state index contributed by atoms with van der Waals surface area (Å²) in [6.45, 7) is 2.49. The summed E-state index contributed by atoms with van der Waals surface area (Å²) in [5, 5.41) is 1.08. The molecule has 1 heterocycles. The van der Waals surface area contributed by atoms with Gasteiger partial charge in [0.25, 0.3) is 0 Å². The number of rotatable bonds is 3. The first-order chi connectivity index (χ1) is 9.20. The largest absolute Gasteiger partial charge is 0.486 e. The van der Waals surface area contributed by atoms with Crippen molar-refractivity contribution >= 4 is 26.9 Å². The predicted molar refractivity (Wildman–Crippen MR) is 79.4 cm³/mol. The van der Waals surface area contributed by atoms with Gasteiger partial charge in [0.05, 0.1) is 0 Å². The summed E-state index contributed by atoms with van der Waals surface area (Å²) in [4.78, 5) is 0. The standard InChI is InChI=1S/C16H13BrO2/c1-11-3-2-4-14(7-11)18-10-15-9-12-8-13(17)5-6-16(12)19-15/h2-9H,10H2,1H3. The molecule has 0 aliphatic rings. The summed E-state index contributed by atoms with van der Waals surface area (Å²) in [6.07, 6.45) is 0. The van der Waals surface area contributed by atoms with Crippen LogP contribution < -0.4 is 4.74 Å². The topological polar surface area (TPSA) is 22.4 Å². The lowest BCUT2D eigenvalue weighted by atomic mass is 10.2. The fourth-order valence-corrected chi connectivity index (χ4v) is 2.38. The lowest BCUT2D eigenvalue weighted by Gasteiger charge is -2.04. The number of benzene rings is 2. The molecular weight excluding hydrogens is 304 g/mol. The predicted octanol–water partition coefficient (Wildman–Crippen LogP) is 5.08. The van der Waals surface area contributed by atoms with Crippen LogP contribution in [0.3, 0.4) is 0 Å². The average Bonchev–Trinajstić information content (AvgIpc) is 2.78. The quantitative estimate of drug-likeness (QED) is 0.672. The molecule has 0 unspecified atom stereocenters. The van der Waals surface area contributed by atoms with Crippen molar-refractivity contribution in [2.45, 2.75) is 13.5 Å². The van der Waals surface area contributed by atoms with Gasteiger partial charge in [-0.25, -0.2) is 0 Å². The molecule has 3 aromatic rings. The molecule has 19 heavy (non-hydrogen) atoms. The number of hydrogen-bond donors (Lipinski definition) is 0. The van der Waals surface area contributed by atoms with Crippen LogP contribution in [0, 0.1) is 6.92 Å². The summed E-state index contributed by atoms with van der Waals surface area (Å²) in [5.41, 5.74) is 2.07. The number of hydrogen-bond acceptors (Lipinski definition) is 2. The lowest BCUT2D eigenvalue weighted by molar-refractivity contribution is 0.274. The molecule has 0 N–H and O–H groups in total. The van der Waals surface area contributed by atoms with Gasteiger partial charge in [-0.15, -0.1) is 0 Å².